The quantitative estimate of drug-likeness (QED) is 0.878. The van der Waals surface area contributed by atoms with Gasteiger partial charge in [0.2, 0.25) is 0 Å². The summed E-state index contributed by atoms with van der Waals surface area (Å²) in [5.41, 5.74) is 8.59. The standard InChI is InChI=1S/C15H23N3O2.2ClH/c16-13-2-3-14-12(11-13)1-4-15(19)18(14)6-5-17-7-9-20-10-8-17;;/h1,4,13H,2-3,5-11,16H2;2*1H. The number of morpholine rings is 1. The molecular weight excluding hydrogens is 325 g/mol. The van der Waals surface area contributed by atoms with E-state index in [1.807, 2.05) is 10.6 Å². The molecule has 0 saturated carbocycles. The highest BCUT2D eigenvalue weighted by molar-refractivity contribution is 5.85. The van der Waals surface area contributed by atoms with Crippen LogP contribution >= 0.6 is 24.8 Å². The molecule has 0 aromatic carbocycles. The van der Waals surface area contributed by atoms with Crippen molar-refractivity contribution in [3.05, 3.63) is 33.7 Å². The van der Waals surface area contributed by atoms with Gasteiger partial charge in [-0.25, -0.2) is 0 Å². The molecule has 0 amide bonds. The van der Waals surface area contributed by atoms with Crippen LogP contribution in [0.3, 0.4) is 0 Å². The van der Waals surface area contributed by atoms with E-state index in [0.29, 0.717) is 0 Å². The van der Waals surface area contributed by atoms with Gasteiger partial charge < -0.3 is 15.0 Å². The van der Waals surface area contributed by atoms with Gasteiger partial charge in [0.1, 0.15) is 0 Å². The molecule has 1 aliphatic carbocycles. The van der Waals surface area contributed by atoms with Crippen LogP contribution in [0.25, 0.3) is 0 Å². The Morgan fingerprint density at radius 2 is 1.91 bits per heavy atom. The second-order valence-corrected chi connectivity index (χ2v) is 5.75. The van der Waals surface area contributed by atoms with Crippen LogP contribution in [-0.2, 0) is 24.1 Å². The highest BCUT2D eigenvalue weighted by Gasteiger charge is 2.19. The smallest absolute Gasteiger partial charge is 0.250 e. The molecule has 22 heavy (non-hydrogen) atoms. The Kier molecular flexibility index (Phi) is 7.86. The molecular formula is C15H25Cl2N3O2. The van der Waals surface area contributed by atoms with E-state index >= 15 is 0 Å². The number of ether oxygens (including phenoxy) is 1. The first-order valence-corrected chi connectivity index (χ1v) is 7.51. The van der Waals surface area contributed by atoms with Crippen LogP contribution in [0.4, 0.5) is 0 Å². The van der Waals surface area contributed by atoms with Crippen molar-refractivity contribution in [2.24, 2.45) is 5.73 Å². The number of nitrogens with zero attached hydrogens (tertiary/aromatic N) is 2. The molecule has 1 unspecified atom stereocenters. The molecule has 2 N–H and O–H groups in total. The van der Waals surface area contributed by atoms with Crippen LogP contribution in [0.1, 0.15) is 17.7 Å². The zero-order chi connectivity index (χ0) is 13.9. The Hall–Kier alpha value is -0.590. The van der Waals surface area contributed by atoms with Crippen LogP contribution in [0.5, 0.6) is 0 Å². The van der Waals surface area contributed by atoms with Crippen molar-refractivity contribution in [3.8, 4) is 0 Å². The molecule has 0 spiro atoms. The summed E-state index contributed by atoms with van der Waals surface area (Å²) in [6, 6.07) is 3.89. The van der Waals surface area contributed by atoms with Gasteiger partial charge in [-0.2, -0.15) is 0 Å². The molecule has 1 saturated heterocycles. The monoisotopic (exact) mass is 349 g/mol. The van der Waals surface area contributed by atoms with Gasteiger partial charge in [0.05, 0.1) is 13.2 Å². The lowest BCUT2D eigenvalue weighted by Gasteiger charge is -2.29. The third kappa shape index (κ3) is 4.46. The molecule has 1 aliphatic heterocycles. The van der Waals surface area contributed by atoms with Gasteiger partial charge in [-0.3, -0.25) is 9.69 Å². The molecule has 5 nitrogen and oxygen atoms in total. The minimum absolute atomic E-state index is 0. The van der Waals surface area contributed by atoms with Crippen molar-refractivity contribution < 1.29 is 4.74 Å². The summed E-state index contributed by atoms with van der Waals surface area (Å²) in [4.78, 5) is 14.5. The van der Waals surface area contributed by atoms with Gasteiger partial charge >= 0.3 is 0 Å². The molecule has 0 radical (unpaired) electrons. The van der Waals surface area contributed by atoms with E-state index in [0.717, 1.165) is 58.7 Å². The third-order valence-corrected chi connectivity index (χ3v) is 4.37. The summed E-state index contributed by atoms with van der Waals surface area (Å²) in [7, 11) is 0. The second-order valence-electron chi connectivity index (χ2n) is 5.75. The summed E-state index contributed by atoms with van der Waals surface area (Å²) < 4.78 is 7.31. The lowest BCUT2D eigenvalue weighted by Crippen LogP contribution is -2.40. The fraction of sp³-hybridized carbons (Fsp3) is 0.667. The van der Waals surface area contributed by atoms with Crippen LogP contribution in [0.2, 0.25) is 0 Å². The zero-order valence-electron chi connectivity index (χ0n) is 12.7. The maximum atomic E-state index is 12.1. The van der Waals surface area contributed by atoms with Crippen LogP contribution < -0.4 is 11.3 Å². The van der Waals surface area contributed by atoms with Crippen molar-refractivity contribution >= 4 is 24.8 Å². The summed E-state index contributed by atoms with van der Waals surface area (Å²) >= 11 is 0. The van der Waals surface area contributed by atoms with Crippen molar-refractivity contribution in [1.29, 1.82) is 0 Å². The molecule has 1 aromatic heterocycles. The molecule has 0 bridgehead atoms. The van der Waals surface area contributed by atoms with E-state index in [2.05, 4.69) is 4.90 Å². The fourth-order valence-electron chi connectivity index (χ4n) is 3.16. The molecule has 2 heterocycles. The number of rotatable bonds is 3. The van der Waals surface area contributed by atoms with E-state index in [1.54, 1.807) is 6.07 Å². The Balaban J connectivity index is 0.00000121. The SMILES string of the molecule is Cl.Cl.NC1CCc2c(ccc(=O)n2CCN2CCOCC2)C1. The van der Waals surface area contributed by atoms with Crippen molar-refractivity contribution in [2.45, 2.75) is 31.8 Å². The van der Waals surface area contributed by atoms with Gasteiger partial charge in [-0.15, -0.1) is 24.8 Å². The average Bonchev–Trinajstić information content (AvgIpc) is 2.47. The number of pyridine rings is 1. The van der Waals surface area contributed by atoms with Crippen LogP contribution in [-0.4, -0.2) is 48.4 Å². The van der Waals surface area contributed by atoms with Gasteiger partial charge in [0.25, 0.3) is 5.56 Å². The Labute approximate surface area is 143 Å². The molecule has 3 rings (SSSR count). The van der Waals surface area contributed by atoms with Crippen molar-refractivity contribution in [2.75, 3.05) is 32.8 Å². The molecule has 1 atom stereocenters. The lowest BCUT2D eigenvalue weighted by atomic mass is 9.92. The predicted molar refractivity (Wildman–Crippen MR) is 92.5 cm³/mol. The number of hydrogen-bond donors (Lipinski definition) is 1. The molecule has 1 aromatic rings. The van der Waals surface area contributed by atoms with Crippen molar-refractivity contribution in [1.82, 2.24) is 9.47 Å². The highest BCUT2D eigenvalue weighted by Crippen LogP contribution is 2.19. The average molecular weight is 350 g/mol. The first-order chi connectivity index (χ1) is 9.74. The minimum atomic E-state index is 0. The van der Waals surface area contributed by atoms with E-state index in [4.69, 9.17) is 10.5 Å². The Morgan fingerprint density at radius 3 is 2.64 bits per heavy atom. The van der Waals surface area contributed by atoms with Gasteiger partial charge in [-0.1, -0.05) is 6.07 Å². The molecule has 1 fully saturated rings. The van der Waals surface area contributed by atoms with Gasteiger partial charge in [0.15, 0.2) is 0 Å². The van der Waals surface area contributed by atoms with Crippen LogP contribution in [0.15, 0.2) is 16.9 Å². The maximum absolute atomic E-state index is 12.1. The largest absolute Gasteiger partial charge is 0.379 e. The molecule has 7 heteroatoms. The minimum Gasteiger partial charge on any atom is -0.379 e. The number of aromatic nitrogens is 1. The summed E-state index contributed by atoms with van der Waals surface area (Å²) in [6.07, 6.45) is 2.80. The topological polar surface area (TPSA) is 60.5 Å². The van der Waals surface area contributed by atoms with E-state index in [9.17, 15) is 4.79 Å². The van der Waals surface area contributed by atoms with E-state index in [-0.39, 0.29) is 36.4 Å². The molecule has 2 aliphatic rings. The summed E-state index contributed by atoms with van der Waals surface area (Å²) in [5, 5.41) is 0. The fourth-order valence-corrected chi connectivity index (χ4v) is 3.16. The van der Waals surface area contributed by atoms with E-state index in [1.165, 1.54) is 11.3 Å². The lowest BCUT2D eigenvalue weighted by molar-refractivity contribution is 0.0361. The maximum Gasteiger partial charge on any atom is 0.250 e. The number of fused-ring (bicyclic) bond motifs is 1. The summed E-state index contributed by atoms with van der Waals surface area (Å²) in [6.45, 7) is 5.24. The highest BCUT2D eigenvalue weighted by atomic mass is 35.5. The first kappa shape index (κ1) is 19.5. The van der Waals surface area contributed by atoms with Crippen LogP contribution in [0, 0.1) is 0 Å². The normalized spacial score (nSPS) is 21.4. The molecule has 126 valence electrons. The Morgan fingerprint density at radius 1 is 1.18 bits per heavy atom. The number of nitrogens with two attached hydrogens (primary N) is 1. The number of hydrogen-bond acceptors (Lipinski definition) is 4. The van der Waals surface area contributed by atoms with Gasteiger partial charge in [-0.05, 0) is 24.8 Å². The summed E-state index contributed by atoms with van der Waals surface area (Å²) in [5.74, 6) is 0. The number of halogens is 2. The third-order valence-electron chi connectivity index (χ3n) is 4.37. The Bertz CT molecular complexity index is 530. The van der Waals surface area contributed by atoms with Crippen molar-refractivity contribution in [3.63, 3.8) is 0 Å². The predicted octanol–water partition coefficient (Wildman–Crippen LogP) is 0.840. The van der Waals surface area contributed by atoms with Gasteiger partial charge in [0, 0.05) is 44.0 Å². The first-order valence-electron chi connectivity index (χ1n) is 7.51. The second kappa shape index (κ2) is 8.89. The zero-order valence-corrected chi connectivity index (χ0v) is 14.3. The van der Waals surface area contributed by atoms with E-state index < -0.39 is 0 Å².